The van der Waals surface area contributed by atoms with Gasteiger partial charge in [0.2, 0.25) is 0 Å². The third-order valence-electron chi connectivity index (χ3n) is 7.08. The van der Waals surface area contributed by atoms with Crippen LogP contribution >= 0.6 is 0 Å². The Bertz CT molecular complexity index is 1270. The van der Waals surface area contributed by atoms with Crippen LogP contribution in [0.1, 0.15) is 59.3 Å². The highest BCUT2D eigenvalue weighted by molar-refractivity contribution is 6.06. The predicted octanol–water partition coefficient (Wildman–Crippen LogP) is 2.95. The average molecular weight is 489 g/mol. The fourth-order valence-corrected chi connectivity index (χ4v) is 5.08. The van der Waals surface area contributed by atoms with E-state index in [0.717, 1.165) is 18.9 Å². The number of anilines is 1. The number of nitrogens with one attached hydrogen (secondary N) is 2. The number of pyridine rings is 1. The summed E-state index contributed by atoms with van der Waals surface area (Å²) in [7, 11) is 1.56. The predicted molar refractivity (Wildman–Crippen MR) is 123 cm³/mol. The number of alkyl halides is 2. The lowest BCUT2D eigenvalue weighted by atomic mass is 9.93. The van der Waals surface area contributed by atoms with Crippen LogP contribution in [0.15, 0.2) is 34.1 Å². The standard InChI is InChI=1S/C24H26F3N5O3/c1-13(14-5-3-6-15(18(14)25)19(26)27)30-20-16-9-17(22(33)31(2)21(16)29-12-28-20)23(34)32-8-4-7-24(32)10-35-11-24/h3,5-6,9,13,19,29H,4,7-8,10-12H2,1-2H3,(H,28,30)/t13-/m1/s1. The van der Waals surface area contributed by atoms with Crippen molar-refractivity contribution in [3.05, 3.63) is 62.7 Å². The Balaban J connectivity index is 1.48. The number of aliphatic imine (C=N–C) groups is 1. The third-order valence-corrected chi connectivity index (χ3v) is 7.08. The summed E-state index contributed by atoms with van der Waals surface area (Å²) in [5, 5.41) is 6.13. The van der Waals surface area contributed by atoms with Gasteiger partial charge in [-0.1, -0.05) is 18.2 Å². The molecular weight excluding hydrogens is 463 g/mol. The van der Waals surface area contributed by atoms with Gasteiger partial charge in [0.25, 0.3) is 17.9 Å². The van der Waals surface area contributed by atoms with Gasteiger partial charge < -0.3 is 20.3 Å². The number of fused-ring (bicyclic) bond motifs is 1. The number of hydrogen-bond donors (Lipinski definition) is 2. The van der Waals surface area contributed by atoms with Crippen molar-refractivity contribution in [2.24, 2.45) is 12.0 Å². The molecule has 35 heavy (non-hydrogen) atoms. The smallest absolute Gasteiger partial charge is 0.266 e. The summed E-state index contributed by atoms with van der Waals surface area (Å²) in [4.78, 5) is 32.7. The van der Waals surface area contributed by atoms with E-state index >= 15 is 0 Å². The first-order chi connectivity index (χ1) is 16.7. The lowest BCUT2D eigenvalue weighted by Gasteiger charge is -2.45. The monoisotopic (exact) mass is 489 g/mol. The van der Waals surface area contributed by atoms with Gasteiger partial charge in [0.15, 0.2) is 0 Å². The van der Waals surface area contributed by atoms with Crippen molar-refractivity contribution in [1.82, 2.24) is 14.8 Å². The van der Waals surface area contributed by atoms with Crippen LogP contribution in [0.2, 0.25) is 0 Å². The van der Waals surface area contributed by atoms with Gasteiger partial charge in [0.05, 0.1) is 35.9 Å². The van der Waals surface area contributed by atoms with Crippen LogP contribution in [0.4, 0.5) is 19.0 Å². The molecule has 0 aliphatic carbocycles. The SMILES string of the molecule is C[C@@H](NC1=NCNc2c1cc(C(=O)N1CCCC13COC3)c(=O)n2C)c1cccc(C(F)F)c1F. The molecule has 2 saturated heterocycles. The van der Waals surface area contributed by atoms with Gasteiger partial charge in [-0.3, -0.25) is 14.2 Å². The van der Waals surface area contributed by atoms with Gasteiger partial charge in [-0.25, -0.2) is 18.2 Å². The Labute approximate surface area is 199 Å². The van der Waals surface area contributed by atoms with Crippen LogP contribution in [0.5, 0.6) is 0 Å². The van der Waals surface area contributed by atoms with Gasteiger partial charge >= 0.3 is 0 Å². The number of halogens is 3. The Hall–Kier alpha value is -3.34. The number of benzene rings is 1. The number of hydrogen-bond acceptors (Lipinski definition) is 6. The van der Waals surface area contributed by atoms with Crippen molar-refractivity contribution in [2.75, 3.05) is 31.7 Å². The fourth-order valence-electron chi connectivity index (χ4n) is 5.08. The molecule has 1 aromatic heterocycles. The van der Waals surface area contributed by atoms with Crippen LogP contribution in [-0.2, 0) is 11.8 Å². The molecule has 1 spiro atoms. The van der Waals surface area contributed by atoms with E-state index in [1.54, 1.807) is 18.9 Å². The van der Waals surface area contributed by atoms with E-state index in [1.165, 1.54) is 22.8 Å². The topological polar surface area (TPSA) is 88.0 Å². The van der Waals surface area contributed by atoms with E-state index in [2.05, 4.69) is 15.6 Å². The normalized spacial score (nSPS) is 19.1. The number of amidine groups is 1. The van der Waals surface area contributed by atoms with Gasteiger partial charge in [0, 0.05) is 19.2 Å². The molecule has 0 bridgehead atoms. The van der Waals surface area contributed by atoms with E-state index in [-0.39, 0.29) is 29.2 Å². The third kappa shape index (κ3) is 3.78. The van der Waals surface area contributed by atoms with Crippen molar-refractivity contribution < 1.29 is 22.7 Å². The molecule has 5 rings (SSSR count). The number of ether oxygens (including phenoxy) is 1. The Morgan fingerprint density at radius 1 is 1.29 bits per heavy atom. The largest absolute Gasteiger partial charge is 0.376 e. The number of carbonyl (C=O) groups is 1. The van der Waals surface area contributed by atoms with E-state index in [1.807, 2.05) is 0 Å². The lowest BCUT2D eigenvalue weighted by molar-refractivity contribution is -0.109. The molecule has 2 fully saturated rings. The summed E-state index contributed by atoms with van der Waals surface area (Å²) >= 11 is 0. The van der Waals surface area contributed by atoms with Crippen LogP contribution in [0.3, 0.4) is 0 Å². The summed E-state index contributed by atoms with van der Waals surface area (Å²) in [5.74, 6) is -0.541. The number of carbonyl (C=O) groups excluding carboxylic acids is 1. The minimum Gasteiger partial charge on any atom is -0.376 e. The summed E-state index contributed by atoms with van der Waals surface area (Å²) in [6, 6.07) is 4.67. The molecule has 2 N–H and O–H groups in total. The van der Waals surface area contributed by atoms with E-state index < -0.39 is 29.4 Å². The highest BCUT2D eigenvalue weighted by Crippen LogP contribution is 2.37. The molecule has 1 aromatic carbocycles. The van der Waals surface area contributed by atoms with Crippen molar-refractivity contribution in [2.45, 2.75) is 37.8 Å². The maximum atomic E-state index is 14.7. The second-order valence-electron chi connectivity index (χ2n) is 9.22. The maximum Gasteiger partial charge on any atom is 0.266 e. The van der Waals surface area contributed by atoms with Crippen LogP contribution in [0.25, 0.3) is 0 Å². The Morgan fingerprint density at radius 3 is 2.71 bits per heavy atom. The summed E-state index contributed by atoms with van der Waals surface area (Å²) in [6.07, 6.45) is -1.26. The van der Waals surface area contributed by atoms with Crippen molar-refractivity contribution in [3.8, 4) is 0 Å². The molecule has 4 heterocycles. The minimum atomic E-state index is -2.93. The molecule has 0 unspecified atom stereocenters. The Kier molecular flexibility index (Phi) is 5.82. The summed E-state index contributed by atoms with van der Waals surface area (Å²) in [6.45, 7) is 3.25. The van der Waals surface area contributed by atoms with Crippen LogP contribution in [-0.4, -0.2) is 53.2 Å². The van der Waals surface area contributed by atoms with Crippen molar-refractivity contribution in [1.29, 1.82) is 0 Å². The number of amides is 1. The fraction of sp³-hybridized carbons (Fsp3) is 0.458. The summed E-state index contributed by atoms with van der Waals surface area (Å²) in [5.41, 5.74) is -0.913. The zero-order chi connectivity index (χ0) is 24.9. The molecule has 2 aromatic rings. The molecule has 3 aliphatic heterocycles. The lowest BCUT2D eigenvalue weighted by Crippen LogP contribution is -2.61. The highest BCUT2D eigenvalue weighted by atomic mass is 19.3. The van der Waals surface area contributed by atoms with Crippen molar-refractivity contribution in [3.63, 3.8) is 0 Å². The first-order valence-electron chi connectivity index (χ1n) is 11.5. The van der Waals surface area contributed by atoms with E-state index in [4.69, 9.17) is 4.74 Å². The van der Waals surface area contributed by atoms with Gasteiger partial charge in [0.1, 0.15) is 29.7 Å². The second kappa shape index (κ2) is 8.71. The number of nitrogens with zero attached hydrogens (tertiary/aromatic N) is 3. The molecular formula is C24H26F3N5O3. The minimum absolute atomic E-state index is 0.0103. The number of likely N-dealkylation sites (tertiary alicyclic amines) is 1. The van der Waals surface area contributed by atoms with E-state index in [9.17, 15) is 22.8 Å². The molecule has 1 amide bonds. The zero-order valence-corrected chi connectivity index (χ0v) is 19.4. The molecule has 0 radical (unpaired) electrons. The molecule has 0 saturated carbocycles. The molecule has 1 atom stereocenters. The van der Waals surface area contributed by atoms with Crippen LogP contribution in [0, 0.1) is 5.82 Å². The van der Waals surface area contributed by atoms with Gasteiger partial charge in [-0.15, -0.1) is 0 Å². The first-order valence-corrected chi connectivity index (χ1v) is 11.5. The van der Waals surface area contributed by atoms with E-state index in [0.29, 0.717) is 37.0 Å². The zero-order valence-electron chi connectivity index (χ0n) is 19.4. The second-order valence-corrected chi connectivity index (χ2v) is 9.22. The number of aromatic nitrogens is 1. The first kappa shape index (κ1) is 23.4. The van der Waals surface area contributed by atoms with Gasteiger partial charge in [-0.05, 0) is 25.8 Å². The van der Waals surface area contributed by atoms with Crippen LogP contribution < -0.4 is 16.2 Å². The van der Waals surface area contributed by atoms with Crippen molar-refractivity contribution >= 4 is 17.6 Å². The molecule has 186 valence electrons. The Morgan fingerprint density at radius 2 is 2.03 bits per heavy atom. The summed E-state index contributed by atoms with van der Waals surface area (Å²) < 4.78 is 47.8. The molecule has 11 heteroatoms. The van der Waals surface area contributed by atoms with Gasteiger partial charge in [-0.2, -0.15) is 0 Å². The number of rotatable bonds is 4. The quantitative estimate of drug-likeness (QED) is 0.690. The molecule has 3 aliphatic rings. The molecule has 8 nitrogen and oxygen atoms in total. The highest BCUT2D eigenvalue weighted by Gasteiger charge is 2.50. The maximum absolute atomic E-state index is 14.7. The average Bonchev–Trinajstić information content (AvgIpc) is 3.27.